The van der Waals surface area contributed by atoms with Crippen LogP contribution in [0.2, 0.25) is 0 Å². The van der Waals surface area contributed by atoms with Gasteiger partial charge in [0.2, 0.25) is 0 Å². The van der Waals surface area contributed by atoms with E-state index in [4.69, 9.17) is 0 Å². The Labute approximate surface area is 94.3 Å². The fourth-order valence-corrected chi connectivity index (χ4v) is 3.94. The first kappa shape index (κ1) is 11.4. The summed E-state index contributed by atoms with van der Waals surface area (Å²) in [6, 6.07) is 0. The highest BCUT2D eigenvalue weighted by Crippen LogP contribution is 2.54. The molecule has 2 aliphatic rings. The Kier molecular flexibility index (Phi) is 2.87. The van der Waals surface area contributed by atoms with E-state index in [1.54, 1.807) is 0 Å². The van der Waals surface area contributed by atoms with Gasteiger partial charge < -0.3 is 5.11 Å². The number of hydrogen-bond acceptors (Lipinski definition) is 1. The molecule has 1 heteroatoms. The molecule has 2 aliphatic carbocycles. The first-order chi connectivity index (χ1) is 6.97. The van der Waals surface area contributed by atoms with Gasteiger partial charge in [-0.25, -0.2) is 0 Å². The molecule has 0 amide bonds. The zero-order valence-corrected chi connectivity index (χ0v) is 10.6. The zero-order chi connectivity index (χ0) is 11.1. The summed E-state index contributed by atoms with van der Waals surface area (Å²) in [5.41, 5.74) is 0.732. The van der Waals surface area contributed by atoms with Crippen LogP contribution in [0.15, 0.2) is 0 Å². The summed E-state index contributed by atoms with van der Waals surface area (Å²) >= 11 is 0. The highest BCUT2D eigenvalue weighted by molar-refractivity contribution is 4.95. The third kappa shape index (κ3) is 2.08. The predicted molar refractivity (Wildman–Crippen MR) is 63.7 cm³/mol. The number of fused-ring (bicyclic) bond motifs is 1. The summed E-state index contributed by atoms with van der Waals surface area (Å²) in [6.45, 7) is 7.53. The molecule has 1 nitrogen and oxygen atoms in total. The topological polar surface area (TPSA) is 20.2 Å². The van der Waals surface area contributed by atoms with Crippen molar-refractivity contribution in [2.45, 2.75) is 59.3 Å². The quantitative estimate of drug-likeness (QED) is 0.701. The molecule has 0 bridgehead atoms. The van der Waals surface area contributed by atoms with Crippen LogP contribution in [0.1, 0.15) is 59.3 Å². The second kappa shape index (κ2) is 3.76. The Hall–Kier alpha value is -0.0400. The summed E-state index contributed by atoms with van der Waals surface area (Å²) in [5.74, 6) is 1.81. The van der Waals surface area contributed by atoms with Gasteiger partial charge in [0.15, 0.2) is 0 Å². The summed E-state index contributed by atoms with van der Waals surface area (Å²) in [4.78, 5) is 0. The van der Waals surface area contributed by atoms with E-state index in [9.17, 15) is 5.11 Å². The van der Waals surface area contributed by atoms with Crippen molar-refractivity contribution in [1.29, 1.82) is 0 Å². The lowest BCUT2D eigenvalue weighted by molar-refractivity contribution is -0.0339. The first-order valence-corrected chi connectivity index (χ1v) is 6.58. The van der Waals surface area contributed by atoms with Gasteiger partial charge in [0, 0.05) is 6.61 Å². The van der Waals surface area contributed by atoms with Gasteiger partial charge in [0.1, 0.15) is 0 Å². The van der Waals surface area contributed by atoms with E-state index in [-0.39, 0.29) is 5.41 Å². The second-order valence-corrected chi connectivity index (χ2v) is 6.96. The van der Waals surface area contributed by atoms with E-state index in [0.717, 1.165) is 11.8 Å². The van der Waals surface area contributed by atoms with Gasteiger partial charge in [-0.1, -0.05) is 33.6 Å². The molecule has 0 aromatic carbocycles. The molecule has 2 rings (SSSR count). The van der Waals surface area contributed by atoms with Crippen molar-refractivity contribution in [1.82, 2.24) is 0 Å². The van der Waals surface area contributed by atoms with Gasteiger partial charge >= 0.3 is 0 Å². The van der Waals surface area contributed by atoms with Crippen LogP contribution in [0.3, 0.4) is 0 Å². The van der Waals surface area contributed by atoms with Crippen LogP contribution in [-0.4, -0.2) is 11.7 Å². The molecule has 0 heterocycles. The Bertz CT molecular complexity index is 233. The molecule has 0 radical (unpaired) electrons. The van der Waals surface area contributed by atoms with Gasteiger partial charge in [0.25, 0.3) is 0 Å². The third-order valence-corrected chi connectivity index (χ3v) is 5.18. The number of hydrogen-bond donors (Lipinski definition) is 1. The van der Waals surface area contributed by atoms with Gasteiger partial charge in [-0.15, -0.1) is 0 Å². The van der Waals surface area contributed by atoms with Crippen molar-refractivity contribution in [3.63, 3.8) is 0 Å². The van der Waals surface area contributed by atoms with Crippen LogP contribution in [-0.2, 0) is 0 Å². The molecular weight excluding hydrogens is 184 g/mol. The highest BCUT2D eigenvalue weighted by Gasteiger charge is 2.45. The Morgan fingerprint density at radius 2 is 1.87 bits per heavy atom. The summed E-state index contributed by atoms with van der Waals surface area (Å²) in [7, 11) is 0. The Balaban J connectivity index is 2.14. The minimum absolute atomic E-state index is 0.218. The van der Waals surface area contributed by atoms with Crippen molar-refractivity contribution in [3.8, 4) is 0 Å². The molecule has 0 spiro atoms. The van der Waals surface area contributed by atoms with Crippen LogP contribution < -0.4 is 0 Å². The molecule has 0 aromatic rings. The predicted octanol–water partition coefficient (Wildman–Crippen LogP) is 3.61. The lowest BCUT2D eigenvalue weighted by Crippen LogP contribution is -2.43. The van der Waals surface area contributed by atoms with Gasteiger partial charge in [-0.05, 0) is 48.3 Å². The first-order valence-electron chi connectivity index (χ1n) is 6.58. The zero-order valence-electron chi connectivity index (χ0n) is 10.6. The van der Waals surface area contributed by atoms with E-state index in [2.05, 4.69) is 20.8 Å². The van der Waals surface area contributed by atoms with Crippen LogP contribution in [0.4, 0.5) is 0 Å². The van der Waals surface area contributed by atoms with Crippen molar-refractivity contribution in [3.05, 3.63) is 0 Å². The molecule has 0 aliphatic heterocycles. The van der Waals surface area contributed by atoms with E-state index >= 15 is 0 Å². The molecular formula is C14H26O. The average Bonchev–Trinajstić information content (AvgIpc) is 2.19. The van der Waals surface area contributed by atoms with Crippen molar-refractivity contribution in [2.75, 3.05) is 6.61 Å². The third-order valence-electron chi connectivity index (χ3n) is 5.18. The number of aliphatic hydroxyl groups is 1. The second-order valence-electron chi connectivity index (χ2n) is 6.96. The Morgan fingerprint density at radius 1 is 1.13 bits per heavy atom. The van der Waals surface area contributed by atoms with Crippen molar-refractivity contribution >= 4 is 0 Å². The van der Waals surface area contributed by atoms with E-state index in [1.807, 2.05) is 0 Å². The van der Waals surface area contributed by atoms with Gasteiger partial charge in [0.05, 0.1) is 0 Å². The molecule has 0 aromatic heterocycles. The van der Waals surface area contributed by atoms with Crippen molar-refractivity contribution in [2.24, 2.45) is 22.7 Å². The van der Waals surface area contributed by atoms with E-state index in [0.29, 0.717) is 12.0 Å². The average molecular weight is 210 g/mol. The van der Waals surface area contributed by atoms with E-state index < -0.39 is 0 Å². The maximum atomic E-state index is 9.51. The SMILES string of the molecule is CC1(CO)CCC2CCCC(C)(C)C2C1. The molecule has 88 valence electrons. The summed E-state index contributed by atoms with van der Waals surface area (Å²) in [5, 5.41) is 9.51. The van der Waals surface area contributed by atoms with Gasteiger partial charge in [-0.3, -0.25) is 0 Å². The van der Waals surface area contributed by atoms with Gasteiger partial charge in [-0.2, -0.15) is 0 Å². The van der Waals surface area contributed by atoms with Crippen LogP contribution in [0.5, 0.6) is 0 Å². The lowest BCUT2D eigenvalue weighted by atomic mass is 9.54. The van der Waals surface area contributed by atoms with Crippen LogP contribution >= 0.6 is 0 Å². The fraction of sp³-hybridized carbons (Fsp3) is 1.00. The summed E-state index contributed by atoms with van der Waals surface area (Å²) in [6.07, 6.45) is 8.09. The van der Waals surface area contributed by atoms with E-state index in [1.165, 1.54) is 38.5 Å². The fourth-order valence-electron chi connectivity index (χ4n) is 3.94. The number of aliphatic hydroxyl groups excluding tert-OH is 1. The molecule has 3 atom stereocenters. The van der Waals surface area contributed by atoms with Crippen LogP contribution in [0, 0.1) is 22.7 Å². The monoisotopic (exact) mass is 210 g/mol. The minimum atomic E-state index is 0.218. The van der Waals surface area contributed by atoms with Crippen molar-refractivity contribution < 1.29 is 5.11 Å². The summed E-state index contributed by atoms with van der Waals surface area (Å²) < 4.78 is 0. The maximum absolute atomic E-state index is 9.51. The molecule has 0 saturated heterocycles. The minimum Gasteiger partial charge on any atom is -0.396 e. The molecule has 15 heavy (non-hydrogen) atoms. The maximum Gasteiger partial charge on any atom is 0.0484 e. The number of rotatable bonds is 1. The molecule has 1 N–H and O–H groups in total. The lowest BCUT2D eigenvalue weighted by Gasteiger charge is -2.51. The molecule has 3 unspecified atom stereocenters. The normalized spacial score (nSPS) is 44.8. The van der Waals surface area contributed by atoms with Crippen LogP contribution in [0.25, 0.3) is 0 Å². The smallest absolute Gasteiger partial charge is 0.0484 e. The molecule has 2 saturated carbocycles. The largest absolute Gasteiger partial charge is 0.396 e. The standard InChI is InChI=1S/C14H26O/c1-13(2)7-4-5-11-6-8-14(3,10-15)9-12(11)13/h11-12,15H,4-10H2,1-3H3. The highest BCUT2D eigenvalue weighted by atomic mass is 16.3. The Morgan fingerprint density at radius 3 is 2.53 bits per heavy atom. The molecule has 2 fully saturated rings.